The maximum absolute atomic E-state index is 5.69. The Morgan fingerprint density at radius 2 is 1.84 bits per heavy atom. The Morgan fingerprint density at radius 1 is 1.11 bits per heavy atom. The molecular weight excluding hydrogens is 238 g/mol. The topological polar surface area (TPSA) is 30.5 Å². The molecule has 3 heteroatoms. The lowest BCUT2D eigenvalue weighted by Crippen LogP contribution is -2.34. The highest BCUT2D eigenvalue weighted by Gasteiger charge is 2.24. The van der Waals surface area contributed by atoms with Crippen molar-refractivity contribution in [1.29, 1.82) is 0 Å². The molecule has 1 aromatic carbocycles. The minimum absolute atomic E-state index is 0.174. The van der Waals surface area contributed by atoms with E-state index in [9.17, 15) is 0 Å². The number of para-hydroxylation sites is 1. The van der Waals surface area contributed by atoms with E-state index in [4.69, 9.17) is 9.47 Å². The summed E-state index contributed by atoms with van der Waals surface area (Å²) in [6.07, 6.45) is 3.43. The van der Waals surface area contributed by atoms with Crippen LogP contribution in [-0.4, -0.2) is 26.9 Å². The van der Waals surface area contributed by atoms with Crippen molar-refractivity contribution in [2.75, 3.05) is 20.8 Å². The smallest absolute Gasteiger partial charge is 0.123 e. The lowest BCUT2D eigenvalue weighted by atomic mass is 9.97. The van der Waals surface area contributed by atoms with E-state index < -0.39 is 0 Å². The molecule has 19 heavy (non-hydrogen) atoms. The third-order valence-corrected chi connectivity index (χ3v) is 3.34. The van der Waals surface area contributed by atoms with Crippen molar-refractivity contribution in [3.63, 3.8) is 0 Å². The molecule has 0 amide bonds. The zero-order valence-electron chi connectivity index (χ0n) is 12.6. The van der Waals surface area contributed by atoms with Crippen LogP contribution in [0.15, 0.2) is 24.3 Å². The molecule has 0 aromatic heterocycles. The molecule has 1 aromatic rings. The molecule has 0 fully saturated rings. The first-order valence-corrected chi connectivity index (χ1v) is 7.17. The number of rotatable bonds is 9. The van der Waals surface area contributed by atoms with Gasteiger partial charge in [0, 0.05) is 12.7 Å². The van der Waals surface area contributed by atoms with Gasteiger partial charge in [0.2, 0.25) is 0 Å². The Balaban J connectivity index is 2.99. The van der Waals surface area contributed by atoms with Crippen molar-refractivity contribution >= 4 is 0 Å². The van der Waals surface area contributed by atoms with E-state index in [1.165, 1.54) is 5.56 Å². The molecular formula is C16H27NO2. The summed E-state index contributed by atoms with van der Waals surface area (Å²) in [6.45, 7) is 5.34. The number of methoxy groups -OCH3 is 2. The fourth-order valence-electron chi connectivity index (χ4n) is 2.37. The van der Waals surface area contributed by atoms with Crippen LogP contribution in [0.4, 0.5) is 0 Å². The maximum Gasteiger partial charge on any atom is 0.123 e. The van der Waals surface area contributed by atoms with Crippen molar-refractivity contribution in [3.8, 4) is 5.75 Å². The largest absolute Gasteiger partial charge is 0.496 e. The molecule has 108 valence electrons. The van der Waals surface area contributed by atoms with E-state index in [0.717, 1.165) is 31.6 Å². The van der Waals surface area contributed by atoms with Crippen molar-refractivity contribution < 1.29 is 9.47 Å². The van der Waals surface area contributed by atoms with Gasteiger partial charge in [-0.1, -0.05) is 38.5 Å². The van der Waals surface area contributed by atoms with Crippen LogP contribution in [-0.2, 0) is 4.74 Å². The Kier molecular flexibility index (Phi) is 7.53. The SMILES string of the molecule is CCCNC(c1ccccc1OC)C(CCC)OC. The molecule has 0 aliphatic carbocycles. The summed E-state index contributed by atoms with van der Waals surface area (Å²) in [7, 11) is 3.51. The van der Waals surface area contributed by atoms with Crippen LogP contribution in [0.25, 0.3) is 0 Å². The second kappa shape index (κ2) is 8.94. The van der Waals surface area contributed by atoms with E-state index >= 15 is 0 Å². The van der Waals surface area contributed by atoms with Crippen molar-refractivity contribution in [2.24, 2.45) is 0 Å². The number of benzene rings is 1. The van der Waals surface area contributed by atoms with Gasteiger partial charge in [0.25, 0.3) is 0 Å². The average molecular weight is 265 g/mol. The first-order chi connectivity index (χ1) is 9.28. The molecule has 1 rings (SSSR count). The highest BCUT2D eigenvalue weighted by atomic mass is 16.5. The number of hydrogen-bond acceptors (Lipinski definition) is 3. The third kappa shape index (κ3) is 4.51. The molecule has 0 spiro atoms. The number of hydrogen-bond donors (Lipinski definition) is 1. The third-order valence-electron chi connectivity index (χ3n) is 3.34. The first kappa shape index (κ1) is 16.0. The van der Waals surface area contributed by atoms with Crippen LogP contribution in [0.2, 0.25) is 0 Å². The normalized spacial score (nSPS) is 14.1. The predicted molar refractivity (Wildman–Crippen MR) is 79.7 cm³/mol. The zero-order valence-corrected chi connectivity index (χ0v) is 12.6. The van der Waals surface area contributed by atoms with Crippen LogP contribution in [0.3, 0.4) is 0 Å². The van der Waals surface area contributed by atoms with E-state index in [0.29, 0.717) is 0 Å². The average Bonchev–Trinajstić information content (AvgIpc) is 2.46. The van der Waals surface area contributed by atoms with Gasteiger partial charge in [-0.15, -0.1) is 0 Å². The fourth-order valence-corrected chi connectivity index (χ4v) is 2.37. The number of nitrogens with one attached hydrogen (secondary N) is 1. The Hall–Kier alpha value is -1.06. The van der Waals surface area contributed by atoms with Gasteiger partial charge in [0.1, 0.15) is 5.75 Å². The summed E-state index contributed by atoms with van der Waals surface area (Å²) in [5.74, 6) is 0.925. The molecule has 3 nitrogen and oxygen atoms in total. The maximum atomic E-state index is 5.69. The highest BCUT2D eigenvalue weighted by Crippen LogP contribution is 2.29. The quantitative estimate of drug-likeness (QED) is 0.740. The van der Waals surface area contributed by atoms with Crippen molar-refractivity contribution in [2.45, 2.75) is 45.3 Å². The van der Waals surface area contributed by atoms with Crippen molar-refractivity contribution in [3.05, 3.63) is 29.8 Å². The van der Waals surface area contributed by atoms with E-state index in [1.807, 2.05) is 12.1 Å². The molecule has 0 aliphatic heterocycles. The predicted octanol–water partition coefficient (Wildman–Crippen LogP) is 3.55. The minimum Gasteiger partial charge on any atom is -0.496 e. The van der Waals surface area contributed by atoms with Crippen LogP contribution in [0.5, 0.6) is 5.75 Å². The zero-order chi connectivity index (χ0) is 14.1. The molecule has 0 saturated heterocycles. The van der Waals surface area contributed by atoms with Gasteiger partial charge < -0.3 is 14.8 Å². The Morgan fingerprint density at radius 3 is 2.42 bits per heavy atom. The van der Waals surface area contributed by atoms with E-state index in [-0.39, 0.29) is 12.1 Å². The van der Waals surface area contributed by atoms with Crippen LogP contribution in [0.1, 0.15) is 44.7 Å². The summed E-state index contributed by atoms with van der Waals surface area (Å²) in [6, 6.07) is 8.36. The summed E-state index contributed by atoms with van der Waals surface area (Å²) in [4.78, 5) is 0. The lowest BCUT2D eigenvalue weighted by Gasteiger charge is -2.28. The van der Waals surface area contributed by atoms with Crippen molar-refractivity contribution in [1.82, 2.24) is 5.32 Å². The number of ether oxygens (including phenoxy) is 2. The van der Waals surface area contributed by atoms with Crippen LogP contribution >= 0.6 is 0 Å². The summed E-state index contributed by atoms with van der Waals surface area (Å²) < 4.78 is 11.2. The van der Waals surface area contributed by atoms with Gasteiger partial charge in [0.05, 0.1) is 19.3 Å². The molecule has 0 bridgehead atoms. The lowest BCUT2D eigenvalue weighted by molar-refractivity contribution is 0.0598. The molecule has 1 N–H and O–H groups in total. The fraction of sp³-hybridized carbons (Fsp3) is 0.625. The molecule has 0 heterocycles. The molecule has 0 aliphatic rings. The summed E-state index contributed by atoms with van der Waals surface area (Å²) >= 11 is 0. The van der Waals surface area contributed by atoms with Gasteiger partial charge in [0.15, 0.2) is 0 Å². The van der Waals surface area contributed by atoms with E-state index in [2.05, 4.69) is 31.3 Å². The van der Waals surface area contributed by atoms with E-state index in [1.54, 1.807) is 14.2 Å². The molecule has 2 atom stereocenters. The molecule has 0 saturated carbocycles. The highest BCUT2D eigenvalue weighted by molar-refractivity contribution is 5.36. The Bertz CT molecular complexity index is 354. The molecule has 2 unspecified atom stereocenters. The van der Waals surface area contributed by atoms with Gasteiger partial charge in [-0.25, -0.2) is 0 Å². The van der Waals surface area contributed by atoms with Gasteiger partial charge in [-0.05, 0) is 25.5 Å². The standard InChI is InChI=1S/C16H27NO2/c1-5-9-15(19-4)16(17-12-6-2)13-10-7-8-11-14(13)18-3/h7-8,10-11,15-17H,5-6,9,12H2,1-4H3. The van der Waals surface area contributed by atoms with Gasteiger partial charge in [-0.2, -0.15) is 0 Å². The minimum atomic E-state index is 0.174. The second-order valence-corrected chi connectivity index (χ2v) is 4.74. The summed E-state index contributed by atoms with van der Waals surface area (Å²) in [5.41, 5.74) is 1.18. The van der Waals surface area contributed by atoms with Crippen LogP contribution < -0.4 is 10.1 Å². The first-order valence-electron chi connectivity index (χ1n) is 7.17. The van der Waals surface area contributed by atoms with Gasteiger partial charge in [-0.3, -0.25) is 0 Å². The van der Waals surface area contributed by atoms with Gasteiger partial charge >= 0.3 is 0 Å². The Labute approximate surface area is 117 Å². The monoisotopic (exact) mass is 265 g/mol. The summed E-state index contributed by atoms with van der Waals surface area (Å²) in [5, 5.41) is 3.59. The molecule has 0 radical (unpaired) electrons. The van der Waals surface area contributed by atoms with Crippen LogP contribution in [0, 0.1) is 0 Å². The second-order valence-electron chi connectivity index (χ2n) is 4.74.